The van der Waals surface area contributed by atoms with Crippen molar-refractivity contribution < 1.29 is 18.3 Å². The highest BCUT2D eigenvalue weighted by Gasteiger charge is 2.38. The molecular formula is C12H19N3O4S. The summed E-state index contributed by atoms with van der Waals surface area (Å²) in [6, 6.07) is 0. The van der Waals surface area contributed by atoms with Gasteiger partial charge in [0, 0.05) is 17.8 Å². The molecule has 2 N–H and O–H groups in total. The Bertz CT molecular complexity index is 626. The Kier molecular flexibility index (Phi) is 4.40. The number of carboxylic acids is 1. The third-order valence-electron chi connectivity index (χ3n) is 2.71. The van der Waals surface area contributed by atoms with E-state index in [-0.39, 0.29) is 17.8 Å². The second-order valence-corrected chi connectivity index (χ2v) is 7.11. The number of aromatic amines is 1. The molecule has 0 fully saturated rings. The molecule has 1 rings (SSSR count). The maximum atomic E-state index is 12.6. The quantitative estimate of drug-likeness (QED) is 0.800. The second kappa shape index (κ2) is 5.37. The number of hydrogen-bond donors (Lipinski definition) is 2. The number of nitrogens with one attached hydrogen (secondary N) is 1. The summed E-state index contributed by atoms with van der Waals surface area (Å²) in [5.74, 6) is -1.33. The highest BCUT2D eigenvalue weighted by Crippen LogP contribution is 2.26. The van der Waals surface area contributed by atoms with Crippen LogP contribution in [0.15, 0.2) is 17.7 Å². The zero-order valence-corrected chi connectivity index (χ0v) is 12.8. The Morgan fingerprint density at radius 1 is 1.50 bits per heavy atom. The van der Waals surface area contributed by atoms with Crippen LogP contribution in [-0.4, -0.2) is 46.1 Å². The molecule has 0 amide bonds. The minimum Gasteiger partial charge on any atom is -0.478 e. The van der Waals surface area contributed by atoms with Crippen molar-refractivity contribution in [2.24, 2.45) is 0 Å². The van der Waals surface area contributed by atoms with Crippen LogP contribution in [-0.2, 0) is 10.0 Å². The monoisotopic (exact) mass is 301 g/mol. The largest absolute Gasteiger partial charge is 0.478 e. The van der Waals surface area contributed by atoms with Crippen LogP contribution in [0.1, 0.15) is 36.8 Å². The fourth-order valence-corrected chi connectivity index (χ4v) is 3.69. The Balaban J connectivity index is 3.50. The molecule has 0 aromatic carbocycles. The van der Waals surface area contributed by atoms with Gasteiger partial charge in [0.15, 0.2) is 0 Å². The smallest absolute Gasteiger partial charge is 0.340 e. The van der Waals surface area contributed by atoms with Crippen molar-refractivity contribution in [2.75, 3.05) is 6.54 Å². The summed E-state index contributed by atoms with van der Waals surface area (Å²) in [7, 11) is -4.04. The van der Waals surface area contributed by atoms with E-state index in [1.54, 1.807) is 20.8 Å². The SMILES string of the molecule is C=CCN(C(C)(C)C)S(=O)(=O)c1n[nH]c(C)c1C(=O)O. The van der Waals surface area contributed by atoms with E-state index in [1.165, 1.54) is 13.0 Å². The van der Waals surface area contributed by atoms with Gasteiger partial charge in [0.05, 0.1) is 0 Å². The topological polar surface area (TPSA) is 103 Å². The minimum atomic E-state index is -4.04. The number of sulfonamides is 1. The van der Waals surface area contributed by atoms with Gasteiger partial charge in [-0.05, 0) is 27.7 Å². The first-order valence-corrected chi connectivity index (χ1v) is 7.39. The van der Waals surface area contributed by atoms with Crippen molar-refractivity contribution in [1.29, 1.82) is 0 Å². The molecule has 0 spiro atoms. The molecule has 1 aromatic rings. The Morgan fingerprint density at radius 2 is 2.05 bits per heavy atom. The molecule has 8 heteroatoms. The summed E-state index contributed by atoms with van der Waals surface area (Å²) in [6.45, 7) is 10.2. The van der Waals surface area contributed by atoms with Crippen molar-refractivity contribution in [3.8, 4) is 0 Å². The fourth-order valence-electron chi connectivity index (χ4n) is 1.80. The number of carbonyl (C=O) groups is 1. The van der Waals surface area contributed by atoms with Gasteiger partial charge in [-0.3, -0.25) is 5.10 Å². The van der Waals surface area contributed by atoms with E-state index in [1.807, 2.05) is 0 Å². The number of rotatable bonds is 5. The maximum Gasteiger partial charge on any atom is 0.340 e. The number of aromatic nitrogens is 2. The Morgan fingerprint density at radius 3 is 2.45 bits per heavy atom. The normalized spacial score (nSPS) is 12.7. The first-order valence-electron chi connectivity index (χ1n) is 5.95. The van der Waals surface area contributed by atoms with E-state index in [0.29, 0.717) is 0 Å². The molecule has 1 aromatic heterocycles. The molecule has 1 heterocycles. The number of H-pyrrole nitrogens is 1. The highest BCUT2D eigenvalue weighted by atomic mass is 32.2. The number of aromatic carboxylic acids is 1. The van der Waals surface area contributed by atoms with Crippen LogP contribution < -0.4 is 0 Å². The van der Waals surface area contributed by atoms with Gasteiger partial charge in [-0.25, -0.2) is 13.2 Å². The molecule has 20 heavy (non-hydrogen) atoms. The van der Waals surface area contributed by atoms with Gasteiger partial charge in [-0.15, -0.1) is 6.58 Å². The van der Waals surface area contributed by atoms with E-state index in [2.05, 4.69) is 16.8 Å². The molecule has 0 atom stereocenters. The minimum absolute atomic E-state index is 0.0663. The zero-order chi connectivity index (χ0) is 15.7. The van der Waals surface area contributed by atoms with Gasteiger partial charge in [-0.2, -0.15) is 9.40 Å². The van der Waals surface area contributed by atoms with Crippen molar-refractivity contribution in [3.05, 3.63) is 23.9 Å². The molecule has 7 nitrogen and oxygen atoms in total. The van der Waals surface area contributed by atoms with E-state index in [9.17, 15) is 13.2 Å². The zero-order valence-electron chi connectivity index (χ0n) is 12.0. The third-order valence-corrected chi connectivity index (χ3v) is 4.77. The summed E-state index contributed by atoms with van der Waals surface area (Å²) in [5, 5.41) is 14.7. The van der Waals surface area contributed by atoms with Crippen molar-refractivity contribution in [2.45, 2.75) is 38.3 Å². The average molecular weight is 301 g/mol. The lowest BCUT2D eigenvalue weighted by Gasteiger charge is -2.33. The van der Waals surface area contributed by atoms with Crippen LogP contribution in [0, 0.1) is 6.92 Å². The predicted octanol–water partition coefficient (Wildman–Crippen LogP) is 1.39. The van der Waals surface area contributed by atoms with Gasteiger partial charge in [-0.1, -0.05) is 6.08 Å². The van der Waals surface area contributed by atoms with Crippen LogP contribution in [0.25, 0.3) is 0 Å². The van der Waals surface area contributed by atoms with Gasteiger partial charge >= 0.3 is 5.97 Å². The van der Waals surface area contributed by atoms with Gasteiger partial charge < -0.3 is 5.11 Å². The van der Waals surface area contributed by atoms with Gasteiger partial charge in [0.25, 0.3) is 10.0 Å². The van der Waals surface area contributed by atoms with Crippen LogP contribution >= 0.6 is 0 Å². The third kappa shape index (κ3) is 2.91. The van der Waals surface area contributed by atoms with E-state index >= 15 is 0 Å². The maximum absolute atomic E-state index is 12.6. The highest BCUT2D eigenvalue weighted by molar-refractivity contribution is 7.89. The van der Waals surface area contributed by atoms with Crippen LogP contribution in [0.4, 0.5) is 0 Å². The molecule has 0 saturated carbocycles. The van der Waals surface area contributed by atoms with Gasteiger partial charge in [0.2, 0.25) is 5.03 Å². The first kappa shape index (κ1) is 16.4. The summed E-state index contributed by atoms with van der Waals surface area (Å²) in [5.41, 5.74) is -0.859. The fraction of sp³-hybridized carbons (Fsp3) is 0.500. The molecule has 0 unspecified atom stereocenters. The van der Waals surface area contributed by atoms with Crippen LogP contribution in [0.3, 0.4) is 0 Å². The first-order chi connectivity index (χ1) is 9.03. The van der Waals surface area contributed by atoms with Crippen LogP contribution in [0.5, 0.6) is 0 Å². The Hall–Kier alpha value is -1.67. The molecule has 0 aliphatic carbocycles. The number of aryl methyl sites for hydroxylation is 1. The molecule has 0 aliphatic heterocycles. The van der Waals surface area contributed by atoms with E-state index in [4.69, 9.17) is 5.11 Å². The van der Waals surface area contributed by atoms with Crippen molar-refractivity contribution in [1.82, 2.24) is 14.5 Å². The second-order valence-electron chi connectivity index (χ2n) is 5.33. The summed E-state index contributed by atoms with van der Waals surface area (Å²) in [4.78, 5) is 11.2. The summed E-state index contributed by atoms with van der Waals surface area (Å²) >= 11 is 0. The number of nitrogens with zero attached hydrogens (tertiary/aromatic N) is 2. The lowest BCUT2D eigenvalue weighted by Crippen LogP contribution is -2.46. The standard InChI is InChI=1S/C12H19N3O4S/c1-6-7-15(12(3,4)5)20(18,19)10-9(11(16)17)8(2)13-14-10/h6H,1,7H2,2-5H3,(H,13,14)(H,16,17). The summed E-state index contributed by atoms with van der Waals surface area (Å²) < 4.78 is 26.4. The van der Waals surface area contributed by atoms with E-state index < -0.39 is 26.6 Å². The summed E-state index contributed by atoms with van der Waals surface area (Å²) in [6.07, 6.45) is 1.45. The molecule has 0 saturated heterocycles. The molecular weight excluding hydrogens is 282 g/mol. The van der Waals surface area contributed by atoms with E-state index in [0.717, 1.165) is 4.31 Å². The van der Waals surface area contributed by atoms with Crippen LogP contribution in [0.2, 0.25) is 0 Å². The molecule has 0 radical (unpaired) electrons. The molecule has 0 bridgehead atoms. The Labute approximate surface area is 118 Å². The van der Waals surface area contributed by atoms with Crippen molar-refractivity contribution in [3.63, 3.8) is 0 Å². The lowest BCUT2D eigenvalue weighted by molar-refractivity contribution is 0.0691. The average Bonchev–Trinajstić information content (AvgIpc) is 2.66. The number of hydrogen-bond acceptors (Lipinski definition) is 4. The lowest BCUT2D eigenvalue weighted by atomic mass is 10.1. The molecule has 0 aliphatic rings. The van der Waals surface area contributed by atoms with Crippen molar-refractivity contribution >= 4 is 16.0 Å². The van der Waals surface area contributed by atoms with Gasteiger partial charge in [0.1, 0.15) is 5.56 Å². The molecule has 112 valence electrons. The predicted molar refractivity (Wildman–Crippen MR) is 74.1 cm³/mol. The number of carboxylic acid groups (broad SMARTS) is 1.